The Morgan fingerprint density at radius 3 is 2.60 bits per heavy atom. The van der Waals surface area contributed by atoms with Crippen LogP contribution >= 0.6 is 18.1 Å². The zero-order valence-corrected chi connectivity index (χ0v) is 7.91. The van der Waals surface area contributed by atoms with E-state index in [1.54, 1.807) is 0 Å². The Hall–Kier alpha value is 0.440. The minimum absolute atomic E-state index is 0.438. The second-order valence-electron chi connectivity index (χ2n) is 1.82. The summed E-state index contributed by atoms with van der Waals surface area (Å²) in [4.78, 5) is 0. The molecule has 0 spiro atoms. The second-order valence-corrected chi connectivity index (χ2v) is 4.69. The molecular formula is C5H13ClNO2P. The molecule has 3 nitrogen and oxygen atoms in total. The Morgan fingerprint density at radius 2 is 2.20 bits per heavy atom. The lowest BCUT2D eigenvalue weighted by atomic mass is 10.5. The molecule has 0 fully saturated rings. The Labute approximate surface area is 66.4 Å². The molecule has 0 aromatic carbocycles. The van der Waals surface area contributed by atoms with Gasteiger partial charge < -0.3 is 4.52 Å². The van der Waals surface area contributed by atoms with E-state index in [1.165, 1.54) is 0 Å². The molecule has 0 saturated heterocycles. The lowest BCUT2D eigenvalue weighted by molar-refractivity contribution is 0.317. The molecule has 62 valence electrons. The van der Waals surface area contributed by atoms with Crippen LogP contribution in [0.25, 0.3) is 0 Å². The third-order valence-corrected chi connectivity index (χ3v) is 2.67. The fraction of sp³-hybridized carbons (Fsp3) is 1.00. The summed E-state index contributed by atoms with van der Waals surface area (Å²) in [6.07, 6.45) is 0.822. The van der Waals surface area contributed by atoms with Crippen molar-refractivity contribution in [2.75, 3.05) is 13.2 Å². The highest BCUT2D eigenvalue weighted by atomic mass is 35.7. The van der Waals surface area contributed by atoms with Crippen molar-refractivity contribution in [1.29, 1.82) is 0 Å². The smallest absolute Gasteiger partial charge is 0.306 e. The van der Waals surface area contributed by atoms with E-state index in [0.29, 0.717) is 13.2 Å². The average Bonchev–Trinajstić information content (AvgIpc) is 1.84. The van der Waals surface area contributed by atoms with E-state index in [1.807, 2.05) is 13.8 Å². The first-order valence-corrected chi connectivity index (χ1v) is 5.84. The monoisotopic (exact) mass is 185 g/mol. The Bertz CT molecular complexity index is 131. The lowest BCUT2D eigenvalue weighted by Crippen LogP contribution is -2.07. The van der Waals surface area contributed by atoms with Crippen LogP contribution in [0, 0.1) is 0 Å². The summed E-state index contributed by atoms with van der Waals surface area (Å²) in [5.41, 5.74) is 0. The zero-order valence-electron chi connectivity index (χ0n) is 6.26. The lowest BCUT2D eigenvalue weighted by Gasteiger charge is -2.09. The first-order valence-electron chi connectivity index (χ1n) is 3.31. The normalized spacial score (nSPS) is 16.7. The van der Waals surface area contributed by atoms with Crippen molar-refractivity contribution in [3.63, 3.8) is 0 Å². The second kappa shape index (κ2) is 5.14. The van der Waals surface area contributed by atoms with Gasteiger partial charge in [0.05, 0.1) is 6.61 Å². The summed E-state index contributed by atoms with van der Waals surface area (Å²) in [5.74, 6) is 0. The summed E-state index contributed by atoms with van der Waals surface area (Å²) in [6.45, 7) is 1.77. The van der Waals surface area contributed by atoms with E-state index in [0.717, 1.165) is 6.42 Å². The molecule has 10 heavy (non-hydrogen) atoms. The molecule has 1 unspecified atom stereocenters. The van der Waals surface area contributed by atoms with Crippen LogP contribution in [0.2, 0.25) is 0 Å². The van der Waals surface area contributed by atoms with Crippen LogP contribution < -0.4 is 5.09 Å². The minimum Gasteiger partial charge on any atom is -0.306 e. The van der Waals surface area contributed by atoms with Crippen molar-refractivity contribution in [1.82, 2.24) is 5.09 Å². The number of rotatable bonds is 5. The van der Waals surface area contributed by atoms with Crippen molar-refractivity contribution in [3.05, 3.63) is 0 Å². The maximum Gasteiger partial charge on any atom is 0.360 e. The molecule has 0 aromatic heterocycles. The van der Waals surface area contributed by atoms with E-state index < -0.39 is 6.87 Å². The molecular weight excluding hydrogens is 172 g/mol. The van der Waals surface area contributed by atoms with Gasteiger partial charge in [0.15, 0.2) is 0 Å². The Kier molecular flexibility index (Phi) is 5.36. The van der Waals surface area contributed by atoms with Crippen LogP contribution in [-0.4, -0.2) is 13.2 Å². The first-order chi connectivity index (χ1) is 4.62. The van der Waals surface area contributed by atoms with Crippen LogP contribution in [0.1, 0.15) is 20.3 Å². The summed E-state index contributed by atoms with van der Waals surface area (Å²) in [7, 11) is 0. The Morgan fingerprint density at radius 1 is 1.60 bits per heavy atom. The fourth-order valence-corrected chi connectivity index (χ4v) is 1.90. The molecule has 0 aromatic rings. The highest BCUT2D eigenvalue weighted by molar-refractivity contribution is 7.83. The van der Waals surface area contributed by atoms with Crippen molar-refractivity contribution in [2.45, 2.75) is 20.3 Å². The number of hydrogen-bond acceptors (Lipinski definition) is 2. The van der Waals surface area contributed by atoms with Gasteiger partial charge in [-0.3, -0.25) is 4.57 Å². The van der Waals surface area contributed by atoms with Crippen molar-refractivity contribution in [2.24, 2.45) is 0 Å². The molecule has 0 rings (SSSR count). The first kappa shape index (κ1) is 10.4. The third kappa shape index (κ3) is 5.24. The molecule has 0 heterocycles. The molecule has 0 aliphatic rings. The van der Waals surface area contributed by atoms with E-state index in [9.17, 15) is 4.57 Å². The number of hydrogen-bond donors (Lipinski definition) is 1. The van der Waals surface area contributed by atoms with Crippen LogP contribution in [0.3, 0.4) is 0 Å². The highest BCUT2D eigenvalue weighted by Crippen LogP contribution is 2.47. The molecule has 1 N–H and O–H groups in total. The molecule has 1 atom stereocenters. The van der Waals surface area contributed by atoms with Gasteiger partial charge in [-0.1, -0.05) is 13.8 Å². The molecule has 0 aliphatic carbocycles. The van der Waals surface area contributed by atoms with Crippen LogP contribution in [0.15, 0.2) is 0 Å². The van der Waals surface area contributed by atoms with Crippen LogP contribution in [0.5, 0.6) is 0 Å². The van der Waals surface area contributed by atoms with Gasteiger partial charge in [0.2, 0.25) is 0 Å². The molecule has 0 aliphatic heterocycles. The van der Waals surface area contributed by atoms with Crippen LogP contribution in [0.4, 0.5) is 0 Å². The quantitative estimate of drug-likeness (QED) is 0.669. The van der Waals surface area contributed by atoms with Gasteiger partial charge in [-0.05, 0) is 17.7 Å². The molecule has 0 radical (unpaired) electrons. The highest BCUT2D eigenvalue weighted by Gasteiger charge is 2.15. The molecule has 0 saturated carbocycles. The Balaban J connectivity index is 3.53. The molecule has 5 heteroatoms. The van der Waals surface area contributed by atoms with Crippen molar-refractivity contribution >= 4 is 18.1 Å². The van der Waals surface area contributed by atoms with Gasteiger partial charge in [0.1, 0.15) is 0 Å². The maximum atomic E-state index is 11.0. The van der Waals surface area contributed by atoms with Crippen molar-refractivity contribution in [3.8, 4) is 0 Å². The summed E-state index contributed by atoms with van der Waals surface area (Å²) in [5, 5.41) is 2.56. The van der Waals surface area contributed by atoms with E-state index in [4.69, 9.17) is 15.8 Å². The summed E-state index contributed by atoms with van der Waals surface area (Å²) < 4.78 is 15.8. The average molecular weight is 186 g/mol. The molecule has 0 bridgehead atoms. The van der Waals surface area contributed by atoms with Gasteiger partial charge >= 0.3 is 6.87 Å². The summed E-state index contributed by atoms with van der Waals surface area (Å²) in [6, 6.07) is 0. The van der Waals surface area contributed by atoms with Gasteiger partial charge in [-0.15, -0.1) is 0 Å². The standard InChI is InChI=1S/C5H13ClNO2P/c1-3-5-9-10(6,8)7-4-2/h3-5H2,1-2H3,(H,7,8). The van der Waals surface area contributed by atoms with Gasteiger partial charge in [-0.2, -0.15) is 0 Å². The fourth-order valence-electron chi connectivity index (χ4n) is 0.443. The predicted molar refractivity (Wildman–Crippen MR) is 43.4 cm³/mol. The van der Waals surface area contributed by atoms with Gasteiger partial charge in [0.25, 0.3) is 0 Å². The molecule has 0 amide bonds. The van der Waals surface area contributed by atoms with E-state index in [-0.39, 0.29) is 0 Å². The number of nitrogens with one attached hydrogen (secondary N) is 1. The predicted octanol–water partition coefficient (Wildman–Crippen LogP) is 2.37. The van der Waals surface area contributed by atoms with Gasteiger partial charge in [-0.25, -0.2) is 5.09 Å². The summed E-state index contributed by atoms with van der Waals surface area (Å²) >= 11 is 5.44. The van der Waals surface area contributed by atoms with E-state index >= 15 is 0 Å². The zero-order chi connectivity index (χ0) is 8.04. The maximum absolute atomic E-state index is 11.0. The van der Waals surface area contributed by atoms with E-state index in [2.05, 4.69) is 5.09 Å². The largest absolute Gasteiger partial charge is 0.360 e. The topological polar surface area (TPSA) is 38.3 Å². The van der Waals surface area contributed by atoms with Gasteiger partial charge in [0, 0.05) is 6.54 Å². The minimum atomic E-state index is -2.99. The third-order valence-electron chi connectivity index (χ3n) is 0.808. The SMILES string of the molecule is CCCOP(=O)(Cl)NCC. The number of halogens is 1. The van der Waals surface area contributed by atoms with Crippen molar-refractivity contribution < 1.29 is 9.09 Å². The van der Waals surface area contributed by atoms with Crippen LogP contribution in [-0.2, 0) is 9.09 Å².